The molecule has 0 spiro atoms. The van der Waals surface area contributed by atoms with Crippen molar-refractivity contribution in [3.63, 3.8) is 0 Å². The van der Waals surface area contributed by atoms with E-state index in [1.807, 2.05) is 24.3 Å². The van der Waals surface area contributed by atoms with Crippen LogP contribution < -0.4 is 10.6 Å². The summed E-state index contributed by atoms with van der Waals surface area (Å²) in [6.45, 7) is 1.26. The van der Waals surface area contributed by atoms with Gasteiger partial charge in [-0.2, -0.15) is 0 Å². The van der Waals surface area contributed by atoms with Crippen LogP contribution >= 0.6 is 0 Å². The smallest absolute Gasteiger partial charge is 0.238 e. The van der Waals surface area contributed by atoms with Crippen LogP contribution in [0.25, 0.3) is 11.4 Å². The van der Waals surface area contributed by atoms with Gasteiger partial charge in [0.25, 0.3) is 0 Å². The highest BCUT2D eigenvalue weighted by molar-refractivity contribution is 5.92. The summed E-state index contributed by atoms with van der Waals surface area (Å²) < 4.78 is 2.21. The minimum Gasteiger partial charge on any atom is -0.325 e. The van der Waals surface area contributed by atoms with E-state index in [0.29, 0.717) is 6.54 Å². The fourth-order valence-corrected chi connectivity index (χ4v) is 2.80. The predicted octanol–water partition coefficient (Wildman–Crippen LogP) is 1.83. The van der Waals surface area contributed by atoms with E-state index in [4.69, 9.17) is 0 Å². The number of benzene rings is 1. The first kappa shape index (κ1) is 14.7. The van der Waals surface area contributed by atoms with Gasteiger partial charge in [0.1, 0.15) is 5.82 Å². The number of carbonyl (C=O) groups is 1. The lowest BCUT2D eigenvalue weighted by Crippen LogP contribution is -2.25. The van der Waals surface area contributed by atoms with E-state index in [9.17, 15) is 4.79 Å². The second kappa shape index (κ2) is 6.70. The van der Waals surface area contributed by atoms with Crippen molar-refractivity contribution in [1.82, 2.24) is 20.1 Å². The third-order valence-electron chi connectivity index (χ3n) is 3.85. The van der Waals surface area contributed by atoms with Crippen molar-refractivity contribution < 1.29 is 4.79 Å². The molecule has 0 saturated heterocycles. The van der Waals surface area contributed by atoms with Crippen molar-refractivity contribution in [3.8, 4) is 11.4 Å². The molecule has 1 aromatic carbocycles. The van der Waals surface area contributed by atoms with E-state index >= 15 is 0 Å². The number of carbonyl (C=O) groups excluding carboxylic acids is 1. The van der Waals surface area contributed by atoms with Crippen LogP contribution in [0.2, 0.25) is 0 Å². The fraction of sp³-hybridized carbons (Fsp3) is 0.438. The zero-order valence-electron chi connectivity index (χ0n) is 12.8. The van der Waals surface area contributed by atoms with E-state index in [1.54, 1.807) is 7.05 Å². The van der Waals surface area contributed by atoms with Crippen LogP contribution in [0.3, 0.4) is 0 Å². The number of amides is 1. The average Bonchev–Trinajstić information content (AvgIpc) is 2.76. The predicted molar refractivity (Wildman–Crippen MR) is 85.6 cm³/mol. The first-order valence-electron chi connectivity index (χ1n) is 7.75. The zero-order valence-corrected chi connectivity index (χ0v) is 12.8. The van der Waals surface area contributed by atoms with Gasteiger partial charge < -0.3 is 15.2 Å². The lowest BCUT2D eigenvalue weighted by atomic mass is 10.2. The summed E-state index contributed by atoms with van der Waals surface area (Å²) in [6, 6.07) is 7.78. The highest BCUT2D eigenvalue weighted by Crippen LogP contribution is 2.24. The highest BCUT2D eigenvalue weighted by atomic mass is 16.1. The molecule has 6 heteroatoms. The second-order valence-electron chi connectivity index (χ2n) is 5.56. The maximum absolute atomic E-state index is 11.7. The lowest BCUT2D eigenvalue weighted by molar-refractivity contribution is -0.115. The molecule has 0 saturated carbocycles. The van der Waals surface area contributed by atoms with Crippen molar-refractivity contribution in [1.29, 1.82) is 0 Å². The lowest BCUT2D eigenvalue weighted by Gasteiger charge is -2.09. The maximum Gasteiger partial charge on any atom is 0.238 e. The summed E-state index contributed by atoms with van der Waals surface area (Å²) in [5, 5.41) is 14.4. The molecule has 1 aliphatic heterocycles. The summed E-state index contributed by atoms with van der Waals surface area (Å²) in [6.07, 6.45) is 4.57. The van der Waals surface area contributed by atoms with E-state index in [2.05, 4.69) is 25.4 Å². The molecule has 0 aliphatic carbocycles. The molecule has 1 aliphatic rings. The van der Waals surface area contributed by atoms with Gasteiger partial charge in [0.15, 0.2) is 5.82 Å². The Kier molecular flexibility index (Phi) is 4.48. The van der Waals surface area contributed by atoms with Crippen LogP contribution in [-0.2, 0) is 17.8 Å². The van der Waals surface area contributed by atoms with Gasteiger partial charge in [0, 0.05) is 24.2 Å². The molecule has 1 amide bonds. The molecule has 2 aromatic rings. The number of fused-ring (bicyclic) bond motifs is 1. The SMILES string of the molecule is CNCC(=O)Nc1cccc(-c2nnc3n2CCCCC3)c1. The Balaban J connectivity index is 1.86. The summed E-state index contributed by atoms with van der Waals surface area (Å²) in [4.78, 5) is 11.7. The van der Waals surface area contributed by atoms with Crippen LogP contribution in [0.15, 0.2) is 24.3 Å². The molecule has 1 aromatic heterocycles. The van der Waals surface area contributed by atoms with Gasteiger partial charge in [-0.3, -0.25) is 4.79 Å². The van der Waals surface area contributed by atoms with Crippen molar-refractivity contribution in [3.05, 3.63) is 30.1 Å². The van der Waals surface area contributed by atoms with Gasteiger partial charge in [0.05, 0.1) is 6.54 Å². The first-order valence-corrected chi connectivity index (χ1v) is 7.75. The van der Waals surface area contributed by atoms with E-state index in [1.165, 1.54) is 12.8 Å². The number of aromatic nitrogens is 3. The molecule has 3 rings (SSSR count). The van der Waals surface area contributed by atoms with Gasteiger partial charge in [-0.15, -0.1) is 10.2 Å². The van der Waals surface area contributed by atoms with Crippen LogP contribution in [0.5, 0.6) is 0 Å². The standard InChI is InChI=1S/C16H21N5O/c1-17-11-15(22)18-13-7-5-6-12(10-13)16-20-19-14-8-3-2-4-9-21(14)16/h5-7,10,17H,2-4,8-9,11H2,1H3,(H,18,22). The normalized spacial score (nSPS) is 14.2. The number of nitrogens with one attached hydrogen (secondary N) is 2. The quantitative estimate of drug-likeness (QED) is 0.903. The molecule has 6 nitrogen and oxygen atoms in total. The molecule has 2 N–H and O–H groups in total. The van der Waals surface area contributed by atoms with Gasteiger partial charge >= 0.3 is 0 Å². The maximum atomic E-state index is 11.7. The minimum absolute atomic E-state index is 0.0558. The van der Waals surface area contributed by atoms with E-state index in [0.717, 1.165) is 42.3 Å². The molecule has 116 valence electrons. The molecule has 0 bridgehead atoms. The summed E-state index contributed by atoms with van der Waals surface area (Å²) in [5.74, 6) is 1.90. The van der Waals surface area contributed by atoms with Crippen LogP contribution in [0.1, 0.15) is 25.1 Å². The largest absolute Gasteiger partial charge is 0.325 e. The Hall–Kier alpha value is -2.21. The number of rotatable bonds is 4. The van der Waals surface area contributed by atoms with Crippen LogP contribution in [0.4, 0.5) is 5.69 Å². The van der Waals surface area contributed by atoms with Crippen LogP contribution in [0, 0.1) is 0 Å². The summed E-state index contributed by atoms with van der Waals surface area (Å²) >= 11 is 0. The van der Waals surface area contributed by atoms with Crippen LogP contribution in [-0.4, -0.2) is 34.3 Å². The highest BCUT2D eigenvalue weighted by Gasteiger charge is 2.16. The van der Waals surface area contributed by atoms with Gasteiger partial charge in [-0.05, 0) is 32.0 Å². The van der Waals surface area contributed by atoms with Crippen molar-refractivity contribution in [2.75, 3.05) is 18.9 Å². The summed E-state index contributed by atoms with van der Waals surface area (Å²) in [5.41, 5.74) is 1.77. The number of anilines is 1. The number of aryl methyl sites for hydroxylation is 1. The number of hydrogen-bond donors (Lipinski definition) is 2. The van der Waals surface area contributed by atoms with Gasteiger partial charge in [-0.25, -0.2) is 0 Å². The molecule has 22 heavy (non-hydrogen) atoms. The number of likely N-dealkylation sites (N-methyl/N-ethyl adjacent to an activating group) is 1. The molecular formula is C16H21N5O. The Morgan fingerprint density at radius 2 is 2.18 bits per heavy atom. The monoisotopic (exact) mass is 299 g/mol. The third-order valence-corrected chi connectivity index (χ3v) is 3.85. The zero-order chi connectivity index (χ0) is 15.4. The molecule has 2 heterocycles. The Morgan fingerprint density at radius 3 is 3.05 bits per heavy atom. The van der Waals surface area contributed by atoms with Gasteiger partial charge in [-0.1, -0.05) is 18.6 Å². The molecule has 0 fully saturated rings. The number of nitrogens with zero attached hydrogens (tertiary/aromatic N) is 3. The minimum atomic E-state index is -0.0558. The topological polar surface area (TPSA) is 71.8 Å². The van der Waals surface area contributed by atoms with Gasteiger partial charge in [0.2, 0.25) is 5.91 Å². The second-order valence-corrected chi connectivity index (χ2v) is 5.56. The first-order chi connectivity index (χ1) is 10.8. The van der Waals surface area contributed by atoms with Crippen molar-refractivity contribution >= 4 is 11.6 Å². The average molecular weight is 299 g/mol. The molecular weight excluding hydrogens is 278 g/mol. The Morgan fingerprint density at radius 1 is 1.27 bits per heavy atom. The van der Waals surface area contributed by atoms with Crippen molar-refractivity contribution in [2.45, 2.75) is 32.2 Å². The molecule has 0 unspecified atom stereocenters. The summed E-state index contributed by atoms with van der Waals surface area (Å²) in [7, 11) is 1.75. The number of hydrogen-bond acceptors (Lipinski definition) is 4. The Bertz CT molecular complexity index is 664. The van der Waals surface area contributed by atoms with E-state index in [-0.39, 0.29) is 5.91 Å². The van der Waals surface area contributed by atoms with Crippen molar-refractivity contribution in [2.24, 2.45) is 0 Å². The third kappa shape index (κ3) is 3.17. The Labute approximate surface area is 129 Å². The molecule has 0 radical (unpaired) electrons. The van der Waals surface area contributed by atoms with E-state index < -0.39 is 0 Å². The molecule has 0 atom stereocenters. The fourth-order valence-electron chi connectivity index (χ4n) is 2.80.